The van der Waals surface area contributed by atoms with Crippen LogP contribution in [0.15, 0.2) is 70.6 Å². The van der Waals surface area contributed by atoms with Gasteiger partial charge in [0.05, 0.1) is 16.7 Å². The molecule has 4 aromatic rings. The summed E-state index contributed by atoms with van der Waals surface area (Å²) in [6.07, 6.45) is -4.83. The summed E-state index contributed by atoms with van der Waals surface area (Å²) in [6, 6.07) is 16.9. The van der Waals surface area contributed by atoms with Crippen LogP contribution in [0.4, 0.5) is 13.2 Å². The lowest BCUT2D eigenvalue weighted by atomic mass is 10.1. The first-order valence-electron chi connectivity index (χ1n) is 10.4. The Kier molecular flexibility index (Phi) is 6.78. The van der Waals surface area contributed by atoms with Crippen LogP contribution >= 0.6 is 11.8 Å². The number of alkyl halides is 3. The lowest BCUT2D eigenvalue weighted by Gasteiger charge is -2.14. The predicted octanol–water partition coefficient (Wildman–Crippen LogP) is 4.88. The number of carbonyl (C=O) groups is 1. The Morgan fingerprint density at radius 1 is 1.09 bits per heavy atom. The molecule has 1 amide bonds. The third-order valence-corrected chi connectivity index (χ3v) is 6.09. The van der Waals surface area contributed by atoms with Gasteiger partial charge in [-0.1, -0.05) is 54.2 Å². The Bertz CT molecular complexity index is 1420. The molecule has 0 saturated carbocycles. The monoisotopic (exact) mass is 487 g/mol. The Morgan fingerprint density at radius 3 is 2.47 bits per heavy atom. The summed E-state index contributed by atoms with van der Waals surface area (Å²) in [4.78, 5) is 30.0. The molecule has 1 aromatic heterocycles. The largest absolute Gasteiger partial charge is 0.573 e. The summed E-state index contributed by atoms with van der Waals surface area (Å²) in [6.45, 7) is 2.06. The molecule has 34 heavy (non-hydrogen) atoms. The van der Waals surface area contributed by atoms with Crippen molar-refractivity contribution in [3.05, 3.63) is 76.6 Å². The van der Waals surface area contributed by atoms with E-state index in [9.17, 15) is 22.8 Å². The molecule has 0 radical (unpaired) electrons. The summed E-state index contributed by atoms with van der Waals surface area (Å²) < 4.78 is 43.3. The number of carbonyl (C=O) groups excluding carboxylic acids is 1. The smallest absolute Gasteiger partial charge is 0.405 e. The van der Waals surface area contributed by atoms with Gasteiger partial charge >= 0.3 is 6.36 Å². The molecular formula is C24H20F3N3O3S. The van der Waals surface area contributed by atoms with E-state index in [1.165, 1.54) is 22.8 Å². The molecule has 0 aliphatic carbocycles. The summed E-state index contributed by atoms with van der Waals surface area (Å²) in [5.74, 6) is -0.845. The number of thioether (sulfide) groups is 1. The lowest BCUT2D eigenvalue weighted by Crippen LogP contribution is -2.27. The summed E-state index contributed by atoms with van der Waals surface area (Å²) >= 11 is 1.09. The van der Waals surface area contributed by atoms with Gasteiger partial charge in [-0.25, -0.2) is 4.98 Å². The molecular weight excluding hydrogens is 467 g/mol. The van der Waals surface area contributed by atoms with Gasteiger partial charge in [-0.3, -0.25) is 14.2 Å². The molecule has 0 aliphatic heterocycles. The number of amides is 1. The van der Waals surface area contributed by atoms with Gasteiger partial charge in [-0.05, 0) is 35.9 Å². The molecule has 1 N–H and O–H groups in total. The molecule has 0 aliphatic rings. The van der Waals surface area contributed by atoms with Crippen LogP contribution in [0.2, 0.25) is 0 Å². The first-order chi connectivity index (χ1) is 16.2. The number of nitrogens with one attached hydrogen (secondary N) is 1. The fourth-order valence-electron chi connectivity index (χ4n) is 3.53. The number of benzene rings is 3. The van der Waals surface area contributed by atoms with Crippen molar-refractivity contribution in [1.29, 1.82) is 0 Å². The van der Waals surface area contributed by atoms with Crippen molar-refractivity contribution >= 4 is 39.3 Å². The van der Waals surface area contributed by atoms with Crippen LogP contribution in [0.25, 0.3) is 21.7 Å². The lowest BCUT2D eigenvalue weighted by molar-refractivity contribution is -0.274. The van der Waals surface area contributed by atoms with E-state index in [0.29, 0.717) is 22.6 Å². The molecule has 0 atom stereocenters. The van der Waals surface area contributed by atoms with Crippen molar-refractivity contribution in [3.63, 3.8) is 0 Å². The SMILES string of the molecule is CCn1c(SCC(=O)NCc2ccccc2OC(F)(F)F)nc2cc3ccccc3cc2c1=O. The van der Waals surface area contributed by atoms with Crippen LogP contribution in [0.1, 0.15) is 12.5 Å². The summed E-state index contributed by atoms with van der Waals surface area (Å²) in [7, 11) is 0. The summed E-state index contributed by atoms with van der Waals surface area (Å²) in [5, 5.41) is 5.36. The van der Waals surface area contributed by atoms with E-state index in [2.05, 4.69) is 15.0 Å². The average molecular weight is 488 g/mol. The summed E-state index contributed by atoms with van der Waals surface area (Å²) in [5.41, 5.74) is 0.535. The molecule has 3 aromatic carbocycles. The number of nitrogens with zero attached hydrogens (tertiary/aromatic N) is 2. The van der Waals surface area contributed by atoms with Crippen molar-refractivity contribution in [2.75, 3.05) is 5.75 Å². The van der Waals surface area contributed by atoms with Crippen molar-refractivity contribution in [3.8, 4) is 5.75 Å². The van der Waals surface area contributed by atoms with E-state index in [1.807, 2.05) is 43.3 Å². The fraction of sp³-hybridized carbons (Fsp3) is 0.208. The van der Waals surface area contributed by atoms with Gasteiger partial charge in [0.25, 0.3) is 5.56 Å². The normalized spacial score (nSPS) is 11.6. The number of halogens is 3. The van der Waals surface area contributed by atoms with Crippen molar-refractivity contribution in [2.24, 2.45) is 0 Å². The van der Waals surface area contributed by atoms with Crippen LogP contribution in [0.5, 0.6) is 5.75 Å². The number of rotatable bonds is 7. The van der Waals surface area contributed by atoms with Crippen molar-refractivity contribution in [2.45, 2.75) is 31.5 Å². The second-order valence-electron chi connectivity index (χ2n) is 7.38. The number of aromatic nitrogens is 2. The zero-order valence-electron chi connectivity index (χ0n) is 18.1. The molecule has 0 fully saturated rings. The standard InChI is InChI=1S/C24H20F3N3O3S/c1-2-30-22(32)18-11-15-7-3-4-8-16(15)12-19(18)29-23(30)34-14-21(31)28-13-17-9-5-6-10-20(17)33-24(25,26)27/h3-12H,2,13-14H2,1H3,(H,28,31). The van der Waals surface area contributed by atoms with E-state index >= 15 is 0 Å². The predicted molar refractivity (Wildman–Crippen MR) is 125 cm³/mol. The molecule has 6 nitrogen and oxygen atoms in total. The molecule has 10 heteroatoms. The third kappa shape index (κ3) is 5.33. The second kappa shape index (κ2) is 9.76. The first kappa shape index (κ1) is 23.6. The maximum absolute atomic E-state index is 13.0. The van der Waals surface area contributed by atoms with Crippen LogP contribution in [-0.4, -0.2) is 27.6 Å². The van der Waals surface area contributed by atoms with Gasteiger partial charge < -0.3 is 10.1 Å². The minimum absolute atomic E-state index is 0.0617. The van der Waals surface area contributed by atoms with Gasteiger partial charge in [-0.2, -0.15) is 0 Å². The van der Waals surface area contributed by atoms with Crippen LogP contribution in [-0.2, 0) is 17.9 Å². The minimum Gasteiger partial charge on any atom is -0.405 e. The number of hydrogen-bond acceptors (Lipinski definition) is 5. The fourth-order valence-corrected chi connectivity index (χ4v) is 4.42. The highest BCUT2D eigenvalue weighted by Crippen LogP contribution is 2.26. The minimum atomic E-state index is -4.83. The van der Waals surface area contributed by atoms with Crippen LogP contribution in [0.3, 0.4) is 0 Å². The van der Waals surface area contributed by atoms with Crippen LogP contribution < -0.4 is 15.6 Å². The topological polar surface area (TPSA) is 73.2 Å². The molecule has 0 unspecified atom stereocenters. The Balaban J connectivity index is 1.50. The quantitative estimate of drug-likeness (QED) is 0.229. The number of para-hydroxylation sites is 1. The molecule has 176 valence electrons. The highest BCUT2D eigenvalue weighted by Gasteiger charge is 2.32. The number of ether oxygens (including phenoxy) is 1. The number of hydrogen-bond donors (Lipinski definition) is 1. The second-order valence-corrected chi connectivity index (χ2v) is 8.32. The van der Waals surface area contributed by atoms with E-state index in [1.54, 1.807) is 6.07 Å². The van der Waals surface area contributed by atoms with Gasteiger partial charge in [-0.15, -0.1) is 13.2 Å². The zero-order valence-corrected chi connectivity index (χ0v) is 18.9. The number of fused-ring (bicyclic) bond motifs is 2. The zero-order chi connectivity index (χ0) is 24.3. The highest BCUT2D eigenvalue weighted by atomic mass is 32.2. The van der Waals surface area contributed by atoms with Gasteiger partial charge in [0, 0.05) is 18.7 Å². The van der Waals surface area contributed by atoms with Crippen molar-refractivity contribution < 1.29 is 22.7 Å². The Hall–Kier alpha value is -3.53. The molecule has 1 heterocycles. The maximum atomic E-state index is 13.0. The first-order valence-corrected chi connectivity index (χ1v) is 11.4. The Morgan fingerprint density at radius 2 is 1.76 bits per heavy atom. The van der Waals surface area contributed by atoms with E-state index in [4.69, 9.17) is 0 Å². The van der Waals surface area contributed by atoms with Gasteiger partial charge in [0.15, 0.2) is 5.16 Å². The van der Waals surface area contributed by atoms with E-state index < -0.39 is 12.3 Å². The van der Waals surface area contributed by atoms with E-state index in [-0.39, 0.29) is 29.2 Å². The molecule has 4 rings (SSSR count). The van der Waals surface area contributed by atoms with Gasteiger partial charge in [0.2, 0.25) is 5.91 Å². The molecule has 0 saturated heterocycles. The van der Waals surface area contributed by atoms with E-state index in [0.717, 1.165) is 22.5 Å². The maximum Gasteiger partial charge on any atom is 0.573 e. The Labute approximate surface area is 196 Å². The van der Waals surface area contributed by atoms with Crippen LogP contribution in [0, 0.1) is 0 Å². The van der Waals surface area contributed by atoms with Gasteiger partial charge in [0.1, 0.15) is 5.75 Å². The average Bonchev–Trinajstić information content (AvgIpc) is 2.80. The molecule has 0 spiro atoms. The third-order valence-electron chi connectivity index (χ3n) is 5.11. The van der Waals surface area contributed by atoms with Crippen molar-refractivity contribution in [1.82, 2.24) is 14.9 Å². The highest BCUT2D eigenvalue weighted by molar-refractivity contribution is 7.99. The molecule has 0 bridgehead atoms.